The van der Waals surface area contributed by atoms with Gasteiger partial charge in [0.05, 0.1) is 23.8 Å². The molecule has 23 heavy (non-hydrogen) atoms. The van der Waals surface area contributed by atoms with Gasteiger partial charge in [-0.15, -0.1) is 0 Å². The fourth-order valence-corrected chi connectivity index (χ4v) is 2.10. The molecule has 1 aromatic carbocycles. The van der Waals surface area contributed by atoms with Crippen molar-refractivity contribution in [2.45, 2.75) is 19.9 Å². The van der Waals surface area contributed by atoms with Crippen LogP contribution in [0.2, 0.25) is 0 Å². The highest BCUT2D eigenvalue weighted by atomic mass is 16.5. The van der Waals surface area contributed by atoms with Crippen molar-refractivity contribution in [3.8, 4) is 0 Å². The maximum absolute atomic E-state index is 12.4. The monoisotopic (exact) mass is 313 g/mol. The third kappa shape index (κ3) is 3.10. The van der Waals surface area contributed by atoms with E-state index in [2.05, 4.69) is 20.4 Å². The molecule has 1 amide bonds. The van der Waals surface area contributed by atoms with Crippen LogP contribution in [0.4, 0.5) is 0 Å². The molecule has 0 spiro atoms. The Hall–Kier alpha value is -3.03. The lowest BCUT2D eigenvalue weighted by molar-refractivity contribution is 0.0910. The van der Waals surface area contributed by atoms with Gasteiger partial charge < -0.3 is 9.84 Å². The lowest BCUT2D eigenvalue weighted by Crippen LogP contribution is -2.24. The van der Waals surface area contributed by atoms with Crippen molar-refractivity contribution in [1.82, 2.24) is 25.0 Å². The molecule has 2 heterocycles. The second-order valence-electron chi connectivity index (χ2n) is 4.97. The molecule has 0 aliphatic carbocycles. The molecule has 1 N–H and O–H groups in total. The quantitative estimate of drug-likeness (QED) is 0.753. The molecule has 0 aliphatic heterocycles. The van der Waals surface area contributed by atoms with Crippen molar-refractivity contribution in [3.63, 3.8) is 0 Å². The summed E-state index contributed by atoms with van der Waals surface area (Å²) in [4.78, 5) is 32.3. The first kappa shape index (κ1) is 14.9. The van der Waals surface area contributed by atoms with E-state index in [9.17, 15) is 9.59 Å². The number of para-hydroxylation sites is 1. The number of nitrogens with zero attached hydrogens (tertiary/aromatic N) is 4. The van der Waals surface area contributed by atoms with E-state index in [0.717, 1.165) is 6.42 Å². The minimum Gasteiger partial charge on any atom is -0.348 e. The number of aromatic nitrogens is 4. The molecule has 8 heteroatoms. The number of hydrogen-bond acceptors (Lipinski definition) is 6. The fourth-order valence-electron chi connectivity index (χ4n) is 2.10. The summed E-state index contributed by atoms with van der Waals surface area (Å²) in [5.74, 6) is -0.296. The van der Waals surface area contributed by atoms with Crippen LogP contribution in [0.5, 0.6) is 0 Å². The first-order valence-electron chi connectivity index (χ1n) is 7.24. The van der Waals surface area contributed by atoms with Gasteiger partial charge in [0.2, 0.25) is 0 Å². The normalized spacial score (nSPS) is 10.8. The molecule has 0 bridgehead atoms. The van der Waals surface area contributed by atoms with Gasteiger partial charge in [0.15, 0.2) is 5.82 Å². The van der Waals surface area contributed by atoms with Gasteiger partial charge in [-0.2, -0.15) is 4.98 Å². The number of hydrogen-bond donors (Lipinski definition) is 1. The number of carbonyl (C=O) groups excluding carboxylic acids is 1. The van der Waals surface area contributed by atoms with Gasteiger partial charge >= 0.3 is 11.8 Å². The van der Waals surface area contributed by atoms with Crippen LogP contribution in [-0.4, -0.2) is 32.1 Å². The summed E-state index contributed by atoms with van der Waals surface area (Å²) in [6.45, 7) is 2.56. The molecule has 3 aromatic rings. The highest BCUT2D eigenvalue weighted by Gasteiger charge is 2.15. The highest BCUT2D eigenvalue weighted by Crippen LogP contribution is 2.05. The smallest absolute Gasteiger partial charge is 0.316 e. The number of carbonyl (C=O) groups is 1. The molecule has 3 rings (SSSR count). The molecule has 0 aliphatic rings. The van der Waals surface area contributed by atoms with E-state index < -0.39 is 5.91 Å². The largest absolute Gasteiger partial charge is 0.348 e. The Morgan fingerprint density at radius 1 is 1.35 bits per heavy atom. The molecule has 0 atom stereocenters. The van der Waals surface area contributed by atoms with Crippen LogP contribution in [0.3, 0.4) is 0 Å². The summed E-state index contributed by atoms with van der Waals surface area (Å²) in [5, 5.41) is 6.89. The summed E-state index contributed by atoms with van der Waals surface area (Å²) in [6, 6.07) is 7.08. The van der Waals surface area contributed by atoms with Crippen molar-refractivity contribution in [2.24, 2.45) is 0 Å². The van der Waals surface area contributed by atoms with Gasteiger partial charge in [0.25, 0.3) is 5.56 Å². The summed E-state index contributed by atoms with van der Waals surface area (Å²) < 4.78 is 6.29. The Labute approximate surface area is 131 Å². The van der Waals surface area contributed by atoms with Crippen molar-refractivity contribution < 1.29 is 9.32 Å². The zero-order valence-electron chi connectivity index (χ0n) is 12.5. The van der Waals surface area contributed by atoms with Crippen molar-refractivity contribution in [2.75, 3.05) is 6.54 Å². The highest BCUT2D eigenvalue weighted by molar-refractivity contribution is 5.89. The first-order valence-corrected chi connectivity index (χ1v) is 7.24. The van der Waals surface area contributed by atoms with Gasteiger partial charge in [-0.05, 0) is 18.6 Å². The Kier molecular flexibility index (Phi) is 4.13. The Morgan fingerprint density at radius 3 is 3.00 bits per heavy atom. The maximum atomic E-state index is 12.4. The summed E-state index contributed by atoms with van der Waals surface area (Å²) in [5.41, 5.74) is 0.430. The SMILES string of the molecule is CCCNC(=O)c1nc(Cn2cnc3ccccc3c2=O)no1. The zero-order valence-corrected chi connectivity index (χ0v) is 12.5. The van der Waals surface area contributed by atoms with E-state index in [1.165, 1.54) is 10.9 Å². The molecule has 0 radical (unpaired) electrons. The van der Waals surface area contributed by atoms with Crippen LogP contribution in [-0.2, 0) is 6.54 Å². The Bertz CT molecular complexity index is 899. The van der Waals surface area contributed by atoms with E-state index in [0.29, 0.717) is 17.4 Å². The van der Waals surface area contributed by atoms with Crippen LogP contribution < -0.4 is 10.9 Å². The fraction of sp³-hybridized carbons (Fsp3) is 0.267. The molecular weight excluding hydrogens is 298 g/mol. The van der Waals surface area contributed by atoms with Gasteiger partial charge in [-0.25, -0.2) is 4.98 Å². The van der Waals surface area contributed by atoms with Crippen LogP contribution in [0.25, 0.3) is 10.9 Å². The molecule has 2 aromatic heterocycles. The minimum atomic E-state index is -0.422. The van der Waals surface area contributed by atoms with Gasteiger partial charge in [0.1, 0.15) is 0 Å². The third-order valence-corrected chi connectivity index (χ3v) is 3.24. The lowest BCUT2D eigenvalue weighted by atomic mass is 10.2. The standard InChI is InChI=1S/C15H15N5O3/c1-2-7-16-13(21)14-18-12(19-23-14)8-20-9-17-11-6-4-3-5-10(11)15(20)22/h3-6,9H,2,7-8H2,1H3,(H,16,21). The second kappa shape index (κ2) is 6.39. The number of benzene rings is 1. The summed E-state index contributed by atoms with van der Waals surface area (Å²) in [6.07, 6.45) is 2.24. The molecule has 0 saturated carbocycles. The van der Waals surface area contributed by atoms with Crippen LogP contribution in [0, 0.1) is 0 Å². The van der Waals surface area contributed by atoms with Crippen molar-refractivity contribution in [3.05, 3.63) is 52.7 Å². The van der Waals surface area contributed by atoms with E-state index in [4.69, 9.17) is 4.52 Å². The average molecular weight is 313 g/mol. The zero-order chi connectivity index (χ0) is 16.2. The minimum absolute atomic E-state index is 0.0845. The van der Waals surface area contributed by atoms with Crippen molar-refractivity contribution in [1.29, 1.82) is 0 Å². The number of amides is 1. The maximum Gasteiger partial charge on any atom is 0.316 e. The molecule has 0 unspecified atom stereocenters. The van der Waals surface area contributed by atoms with Crippen LogP contribution in [0.15, 0.2) is 39.9 Å². The van der Waals surface area contributed by atoms with Crippen LogP contribution >= 0.6 is 0 Å². The van der Waals surface area contributed by atoms with Gasteiger partial charge in [0, 0.05) is 6.54 Å². The topological polar surface area (TPSA) is 103 Å². The second-order valence-corrected chi connectivity index (χ2v) is 4.97. The Balaban J connectivity index is 1.83. The third-order valence-electron chi connectivity index (χ3n) is 3.24. The summed E-state index contributed by atoms with van der Waals surface area (Å²) >= 11 is 0. The molecule has 118 valence electrons. The van der Waals surface area contributed by atoms with Gasteiger partial charge in [-0.1, -0.05) is 24.2 Å². The Morgan fingerprint density at radius 2 is 2.17 bits per heavy atom. The number of nitrogens with one attached hydrogen (secondary N) is 1. The predicted molar refractivity (Wildman–Crippen MR) is 82.0 cm³/mol. The van der Waals surface area contributed by atoms with Crippen molar-refractivity contribution >= 4 is 16.8 Å². The predicted octanol–water partition coefficient (Wildman–Crippen LogP) is 0.968. The van der Waals surface area contributed by atoms with Gasteiger partial charge in [-0.3, -0.25) is 14.2 Å². The molecule has 8 nitrogen and oxygen atoms in total. The van der Waals surface area contributed by atoms with E-state index in [-0.39, 0.29) is 23.8 Å². The molecular formula is C15H15N5O3. The molecule has 0 fully saturated rings. The van der Waals surface area contributed by atoms with E-state index >= 15 is 0 Å². The molecule has 0 saturated heterocycles. The average Bonchev–Trinajstić information content (AvgIpc) is 3.04. The van der Waals surface area contributed by atoms with E-state index in [1.807, 2.05) is 13.0 Å². The lowest BCUT2D eigenvalue weighted by Gasteiger charge is -2.03. The number of rotatable bonds is 5. The van der Waals surface area contributed by atoms with Crippen LogP contribution in [0.1, 0.15) is 29.9 Å². The first-order chi connectivity index (χ1) is 11.2. The number of fused-ring (bicyclic) bond motifs is 1. The summed E-state index contributed by atoms with van der Waals surface area (Å²) in [7, 11) is 0. The van der Waals surface area contributed by atoms with E-state index in [1.54, 1.807) is 18.2 Å².